The summed E-state index contributed by atoms with van der Waals surface area (Å²) < 4.78 is 5.29. The Balaban J connectivity index is 3.96. The normalized spacial score (nSPS) is 15.4. The molecule has 0 bridgehead atoms. The third kappa shape index (κ3) is 7.20. The highest BCUT2D eigenvalue weighted by atomic mass is 16.5. The van der Waals surface area contributed by atoms with E-state index in [0.29, 0.717) is 6.04 Å². The first-order valence-electron chi connectivity index (χ1n) is 6.55. The van der Waals surface area contributed by atoms with E-state index in [4.69, 9.17) is 4.74 Å². The number of hydrogen-bond donors (Lipinski definition) is 1. The van der Waals surface area contributed by atoms with E-state index >= 15 is 0 Å². The van der Waals surface area contributed by atoms with Crippen LogP contribution in [0.3, 0.4) is 0 Å². The Hall–Kier alpha value is -0.120. The topological polar surface area (TPSA) is 24.5 Å². The van der Waals surface area contributed by atoms with E-state index in [1.165, 1.54) is 12.8 Å². The first-order valence-corrected chi connectivity index (χ1v) is 6.55. The summed E-state index contributed by atoms with van der Waals surface area (Å²) >= 11 is 0. The minimum atomic E-state index is 0.491. The molecule has 0 radical (unpaired) electrons. The van der Waals surface area contributed by atoms with Gasteiger partial charge in [0.15, 0.2) is 0 Å². The van der Waals surface area contributed by atoms with Crippen molar-refractivity contribution in [3.05, 3.63) is 0 Å². The van der Waals surface area contributed by atoms with Crippen LogP contribution in [0.25, 0.3) is 0 Å². The van der Waals surface area contributed by atoms with Gasteiger partial charge in [-0.2, -0.15) is 0 Å². The predicted octanol–water partition coefficient (Wildman–Crippen LogP) is 1.98. The molecular weight excluding hydrogens is 200 g/mol. The van der Waals surface area contributed by atoms with Crippen LogP contribution in [-0.2, 0) is 4.74 Å². The molecule has 2 unspecified atom stereocenters. The molecule has 16 heavy (non-hydrogen) atoms. The summed E-state index contributed by atoms with van der Waals surface area (Å²) in [5, 5.41) is 3.47. The molecule has 0 spiro atoms. The number of nitrogens with one attached hydrogen (secondary N) is 1. The molecule has 0 aromatic rings. The molecule has 0 aliphatic rings. The first-order chi connectivity index (χ1) is 7.65. The standard InChI is InChI=1S/C13H30N2O/c1-6-8-14-9-13(11-16-5)15(4)10-12(3)7-2/h12-14H,6-11H2,1-5H3. The maximum absolute atomic E-state index is 5.29. The Morgan fingerprint density at radius 1 is 1.31 bits per heavy atom. The van der Waals surface area contributed by atoms with Gasteiger partial charge in [0.1, 0.15) is 0 Å². The van der Waals surface area contributed by atoms with Gasteiger partial charge in [-0.15, -0.1) is 0 Å². The van der Waals surface area contributed by atoms with Gasteiger partial charge in [0.05, 0.1) is 6.61 Å². The molecule has 0 aromatic carbocycles. The fourth-order valence-electron chi connectivity index (χ4n) is 1.75. The van der Waals surface area contributed by atoms with Crippen molar-refractivity contribution >= 4 is 0 Å². The summed E-state index contributed by atoms with van der Waals surface area (Å²) in [6.45, 7) is 10.8. The van der Waals surface area contributed by atoms with Crippen molar-refractivity contribution in [3.8, 4) is 0 Å². The lowest BCUT2D eigenvalue weighted by Gasteiger charge is -2.29. The van der Waals surface area contributed by atoms with Crippen molar-refractivity contribution in [2.24, 2.45) is 5.92 Å². The predicted molar refractivity (Wildman–Crippen MR) is 70.9 cm³/mol. The van der Waals surface area contributed by atoms with Crippen molar-refractivity contribution in [1.29, 1.82) is 0 Å². The Bertz CT molecular complexity index is 153. The number of hydrogen-bond acceptors (Lipinski definition) is 3. The lowest BCUT2D eigenvalue weighted by Crippen LogP contribution is -2.44. The van der Waals surface area contributed by atoms with Crippen LogP contribution in [0, 0.1) is 5.92 Å². The second-order valence-corrected chi connectivity index (χ2v) is 4.77. The van der Waals surface area contributed by atoms with Crippen LogP contribution in [0.1, 0.15) is 33.6 Å². The van der Waals surface area contributed by atoms with E-state index in [9.17, 15) is 0 Å². The molecule has 3 nitrogen and oxygen atoms in total. The van der Waals surface area contributed by atoms with Crippen molar-refractivity contribution in [1.82, 2.24) is 10.2 Å². The van der Waals surface area contributed by atoms with Crippen molar-refractivity contribution in [3.63, 3.8) is 0 Å². The molecule has 0 heterocycles. The van der Waals surface area contributed by atoms with Crippen molar-refractivity contribution in [2.45, 2.75) is 39.7 Å². The highest BCUT2D eigenvalue weighted by Crippen LogP contribution is 2.06. The summed E-state index contributed by atoms with van der Waals surface area (Å²) in [5.74, 6) is 0.760. The largest absolute Gasteiger partial charge is 0.383 e. The summed E-state index contributed by atoms with van der Waals surface area (Å²) in [4.78, 5) is 2.42. The summed E-state index contributed by atoms with van der Waals surface area (Å²) in [5.41, 5.74) is 0. The zero-order chi connectivity index (χ0) is 12.4. The van der Waals surface area contributed by atoms with E-state index in [1.54, 1.807) is 7.11 Å². The molecule has 0 amide bonds. The number of nitrogens with zero attached hydrogens (tertiary/aromatic N) is 1. The van der Waals surface area contributed by atoms with Gasteiger partial charge in [0.25, 0.3) is 0 Å². The molecular formula is C13H30N2O. The maximum atomic E-state index is 5.29. The Morgan fingerprint density at radius 3 is 2.50 bits per heavy atom. The average Bonchev–Trinajstić information content (AvgIpc) is 2.27. The van der Waals surface area contributed by atoms with Crippen LogP contribution in [0.5, 0.6) is 0 Å². The fraction of sp³-hybridized carbons (Fsp3) is 1.00. The molecule has 0 aromatic heterocycles. The van der Waals surface area contributed by atoms with Gasteiger partial charge in [0, 0.05) is 26.2 Å². The van der Waals surface area contributed by atoms with Crippen LogP contribution in [0.2, 0.25) is 0 Å². The van der Waals surface area contributed by atoms with E-state index in [0.717, 1.165) is 32.2 Å². The summed E-state index contributed by atoms with van der Waals surface area (Å²) in [6.07, 6.45) is 2.43. The Labute approximate surface area is 102 Å². The van der Waals surface area contributed by atoms with E-state index in [1.807, 2.05) is 0 Å². The summed E-state index contributed by atoms with van der Waals surface area (Å²) in [6, 6.07) is 0.491. The second-order valence-electron chi connectivity index (χ2n) is 4.77. The van der Waals surface area contributed by atoms with Gasteiger partial charge < -0.3 is 10.1 Å². The van der Waals surface area contributed by atoms with Crippen LogP contribution in [0.15, 0.2) is 0 Å². The molecule has 3 heteroatoms. The molecule has 0 fully saturated rings. The number of rotatable bonds is 10. The fourth-order valence-corrected chi connectivity index (χ4v) is 1.75. The third-order valence-corrected chi connectivity index (χ3v) is 3.09. The minimum Gasteiger partial charge on any atom is -0.383 e. The highest BCUT2D eigenvalue weighted by Gasteiger charge is 2.15. The van der Waals surface area contributed by atoms with Crippen molar-refractivity contribution < 1.29 is 4.74 Å². The number of ether oxygens (including phenoxy) is 1. The lowest BCUT2D eigenvalue weighted by atomic mass is 10.1. The van der Waals surface area contributed by atoms with Gasteiger partial charge in [-0.25, -0.2) is 0 Å². The lowest BCUT2D eigenvalue weighted by molar-refractivity contribution is 0.0966. The van der Waals surface area contributed by atoms with Crippen LogP contribution >= 0.6 is 0 Å². The number of methoxy groups -OCH3 is 1. The molecule has 0 aliphatic carbocycles. The van der Waals surface area contributed by atoms with Crippen molar-refractivity contribution in [2.75, 3.05) is 40.4 Å². The molecule has 0 saturated carbocycles. The van der Waals surface area contributed by atoms with Gasteiger partial charge in [-0.3, -0.25) is 4.90 Å². The molecule has 0 rings (SSSR count). The Kier molecular flexibility index (Phi) is 9.99. The highest BCUT2D eigenvalue weighted by molar-refractivity contribution is 4.72. The maximum Gasteiger partial charge on any atom is 0.0630 e. The first kappa shape index (κ1) is 15.9. The third-order valence-electron chi connectivity index (χ3n) is 3.09. The monoisotopic (exact) mass is 230 g/mol. The van der Waals surface area contributed by atoms with E-state index < -0.39 is 0 Å². The van der Waals surface area contributed by atoms with Crippen LogP contribution in [0.4, 0.5) is 0 Å². The summed E-state index contributed by atoms with van der Waals surface area (Å²) in [7, 11) is 3.98. The van der Waals surface area contributed by atoms with Crippen LogP contribution < -0.4 is 5.32 Å². The van der Waals surface area contributed by atoms with Gasteiger partial charge in [-0.1, -0.05) is 27.2 Å². The van der Waals surface area contributed by atoms with E-state index in [2.05, 4.69) is 38.0 Å². The Morgan fingerprint density at radius 2 is 2.00 bits per heavy atom. The van der Waals surface area contributed by atoms with E-state index in [-0.39, 0.29) is 0 Å². The van der Waals surface area contributed by atoms with Gasteiger partial charge in [-0.05, 0) is 25.9 Å². The molecule has 98 valence electrons. The van der Waals surface area contributed by atoms with Gasteiger partial charge in [0.2, 0.25) is 0 Å². The number of likely N-dealkylation sites (N-methyl/N-ethyl adjacent to an activating group) is 1. The SMILES string of the molecule is CCCNCC(COC)N(C)CC(C)CC. The quantitative estimate of drug-likeness (QED) is 0.581. The molecule has 2 atom stereocenters. The van der Waals surface area contributed by atoms with Gasteiger partial charge >= 0.3 is 0 Å². The zero-order valence-electron chi connectivity index (χ0n) is 11.8. The second kappa shape index (κ2) is 10.1. The zero-order valence-corrected chi connectivity index (χ0v) is 11.8. The minimum absolute atomic E-state index is 0.491. The smallest absolute Gasteiger partial charge is 0.0630 e. The molecule has 0 aliphatic heterocycles. The molecule has 1 N–H and O–H groups in total. The van der Waals surface area contributed by atoms with Crippen LogP contribution in [-0.4, -0.2) is 51.3 Å². The average molecular weight is 230 g/mol. The molecule has 0 saturated heterocycles.